The summed E-state index contributed by atoms with van der Waals surface area (Å²) in [7, 11) is 1.39. The van der Waals surface area contributed by atoms with Crippen LogP contribution in [0.3, 0.4) is 0 Å². The van der Waals surface area contributed by atoms with Gasteiger partial charge in [0.15, 0.2) is 0 Å². The van der Waals surface area contributed by atoms with Crippen molar-refractivity contribution in [2.75, 3.05) is 13.7 Å². The smallest absolute Gasteiger partial charge is 0.305 e. The minimum absolute atomic E-state index is 0.162. The Hall–Kier alpha value is -0.830. The summed E-state index contributed by atoms with van der Waals surface area (Å²) < 4.78 is 4.47. The van der Waals surface area contributed by atoms with Gasteiger partial charge in [-0.05, 0) is 19.3 Å². The molecule has 0 saturated heterocycles. The number of rotatable bonds is 6. The fourth-order valence-electron chi connectivity index (χ4n) is 0.777. The number of carbonyl (C=O) groups is 1. The van der Waals surface area contributed by atoms with Gasteiger partial charge in [-0.15, -0.1) is 0 Å². The van der Waals surface area contributed by atoms with Crippen LogP contribution in [0.1, 0.15) is 25.7 Å². The predicted octanol–water partition coefficient (Wildman–Crippen LogP) is 1.27. The van der Waals surface area contributed by atoms with Crippen LogP contribution in [0, 0.1) is 0 Å². The molecule has 0 unspecified atom stereocenters. The topological polar surface area (TPSA) is 46.5 Å². The molecule has 0 heterocycles. The van der Waals surface area contributed by atoms with Gasteiger partial charge in [-0.25, -0.2) is 0 Å². The van der Waals surface area contributed by atoms with Crippen LogP contribution >= 0.6 is 0 Å². The third-order valence-corrected chi connectivity index (χ3v) is 1.44. The molecule has 0 bridgehead atoms. The number of hydrogen-bond acceptors (Lipinski definition) is 3. The van der Waals surface area contributed by atoms with Gasteiger partial charge in [-0.3, -0.25) is 4.79 Å². The quantitative estimate of drug-likeness (QED) is 0.373. The maximum Gasteiger partial charge on any atom is 0.305 e. The molecule has 0 aliphatic carbocycles. The number of aliphatic hydroxyl groups excluding tert-OH is 1. The molecule has 0 aliphatic rings. The molecule has 0 aromatic rings. The van der Waals surface area contributed by atoms with Crippen LogP contribution < -0.4 is 0 Å². The average molecular weight is 172 g/mol. The van der Waals surface area contributed by atoms with E-state index >= 15 is 0 Å². The summed E-state index contributed by atoms with van der Waals surface area (Å²) in [5.41, 5.74) is 0. The van der Waals surface area contributed by atoms with Crippen LogP contribution in [0.5, 0.6) is 0 Å². The lowest BCUT2D eigenvalue weighted by atomic mass is 10.2. The first-order chi connectivity index (χ1) is 5.81. The van der Waals surface area contributed by atoms with E-state index in [1.165, 1.54) is 7.11 Å². The molecule has 0 aromatic carbocycles. The van der Waals surface area contributed by atoms with E-state index in [4.69, 9.17) is 5.11 Å². The van der Waals surface area contributed by atoms with E-state index in [-0.39, 0.29) is 12.6 Å². The third-order valence-electron chi connectivity index (χ3n) is 1.44. The van der Waals surface area contributed by atoms with Crippen molar-refractivity contribution in [3.63, 3.8) is 0 Å². The van der Waals surface area contributed by atoms with Crippen LogP contribution in [-0.4, -0.2) is 24.8 Å². The van der Waals surface area contributed by atoms with E-state index in [2.05, 4.69) is 4.74 Å². The van der Waals surface area contributed by atoms with Crippen molar-refractivity contribution in [2.45, 2.75) is 25.7 Å². The molecule has 70 valence electrons. The normalized spacial score (nSPS) is 10.5. The van der Waals surface area contributed by atoms with Crippen molar-refractivity contribution in [1.82, 2.24) is 0 Å². The first kappa shape index (κ1) is 11.2. The Morgan fingerprint density at radius 1 is 1.42 bits per heavy atom. The van der Waals surface area contributed by atoms with Crippen LogP contribution in [0.2, 0.25) is 0 Å². The summed E-state index contributed by atoms with van der Waals surface area (Å²) in [4.78, 5) is 10.6. The maximum absolute atomic E-state index is 10.6. The van der Waals surface area contributed by atoms with Gasteiger partial charge in [-0.1, -0.05) is 12.2 Å². The fourth-order valence-corrected chi connectivity index (χ4v) is 0.777. The first-order valence-electron chi connectivity index (χ1n) is 4.14. The number of ether oxygens (including phenoxy) is 1. The molecule has 3 nitrogen and oxygen atoms in total. The second-order valence-electron chi connectivity index (χ2n) is 2.45. The van der Waals surface area contributed by atoms with E-state index < -0.39 is 0 Å². The van der Waals surface area contributed by atoms with E-state index in [0.29, 0.717) is 12.8 Å². The summed E-state index contributed by atoms with van der Waals surface area (Å²) >= 11 is 0. The Morgan fingerprint density at radius 3 is 2.67 bits per heavy atom. The molecule has 0 atom stereocenters. The second kappa shape index (κ2) is 8.27. The van der Waals surface area contributed by atoms with E-state index in [9.17, 15) is 4.79 Å². The Morgan fingerprint density at radius 2 is 2.08 bits per heavy atom. The van der Waals surface area contributed by atoms with Crippen molar-refractivity contribution in [1.29, 1.82) is 0 Å². The number of methoxy groups -OCH3 is 1. The number of aliphatic hydroxyl groups is 1. The fraction of sp³-hybridized carbons (Fsp3) is 0.667. The molecule has 3 heteroatoms. The molecule has 0 aliphatic heterocycles. The third kappa shape index (κ3) is 7.28. The molecule has 0 fully saturated rings. The van der Waals surface area contributed by atoms with Gasteiger partial charge in [0.05, 0.1) is 7.11 Å². The molecular formula is C9H16O3. The highest BCUT2D eigenvalue weighted by Crippen LogP contribution is 1.98. The lowest BCUT2D eigenvalue weighted by molar-refractivity contribution is -0.140. The van der Waals surface area contributed by atoms with Gasteiger partial charge in [0.25, 0.3) is 0 Å². The summed E-state index contributed by atoms with van der Waals surface area (Å²) in [6, 6.07) is 0. The van der Waals surface area contributed by atoms with Crippen molar-refractivity contribution < 1.29 is 14.6 Å². The summed E-state index contributed by atoms with van der Waals surface area (Å²) in [5.74, 6) is -0.162. The van der Waals surface area contributed by atoms with Gasteiger partial charge in [-0.2, -0.15) is 0 Å². The highest BCUT2D eigenvalue weighted by atomic mass is 16.5. The summed E-state index contributed by atoms with van der Waals surface area (Å²) in [6.45, 7) is 0.188. The van der Waals surface area contributed by atoms with Crippen molar-refractivity contribution in [3.05, 3.63) is 12.2 Å². The van der Waals surface area contributed by atoms with Crippen molar-refractivity contribution in [2.24, 2.45) is 0 Å². The van der Waals surface area contributed by atoms with Gasteiger partial charge in [0.2, 0.25) is 0 Å². The highest BCUT2D eigenvalue weighted by molar-refractivity contribution is 5.68. The van der Waals surface area contributed by atoms with Crippen molar-refractivity contribution in [3.8, 4) is 0 Å². The number of carbonyl (C=O) groups excluding carboxylic acids is 1. The lowest BCUT2D eigenvalue weighted by Crippen LogP contribution is -1.98. The van der Waals surface area contributed by atoms with Crippen LogP contribution in [0.25, 0.3) is 0 Å². The molecular weight excluding hydrogens is 156 g/mol. The first-order valence-corrected chi connectivity index (χ1v) is 4.14. The van der Waals surface area contributed by atoms with Gasteiger partial charge >= 0.3 is 5.97 Å². The molecule has 0 spiro atoms. The van der Waals surface area contributed by atoms with Gasteiger partial charge < -0.3 is 9.84 Å². The number of allylic oxidation sites excluding steroid dienone is 1. The van der Waals surface area contributed by atoms with E-state index in [1.54, 1.807) is 0 Å². The minimum Gasteiger partial charge on any atom is -0.469 e. The molecule has 0 amide bonds. The molecule has 12 heavy (non-hydrogen) atoms. The maximum atomic E-state index is 10.6. The Kier molecular flexibility index (Phi) is 7.70. The Bertz CT molecular complexity index is 141. The van der Waals surface area contributed by atoms with Gasteiger partial charge in [0.1, 0.15) is 0 Å². The predicted molar refractivity (Wildman–Crippen MR) is 46.7 cm³/mol. The summed E-state index contributed by atoms with van der Waals surface area (Å²) in [6.07, 6.45) is 6.73. The zero-order chi connectivity index (χ0) is 9.23. The average Bonchev–Trinajstić information content (AvgIpc) is 2.10. The zero-order valence-electron chi connectivity index (χ0n) is 7.45. The highest BCUT2D eigenvalue weighted by Gasteiger charge is 1.96. The number of unbranched alkanes of at least 4 members (excludes halogenated alkanes) is 1. The van der Waals surface area contributed by atoms with Crippen LogP contribution in [0.4, 0.5) is 0 Å². The Labute approximate surface area is 73.0 Å². The monoisotopic (exact) mass is 172 g/mol. The lowest BCUT2D eigenvalue weighted by Gasteiger charge is -1.95. The zero-order valence-corrected chi connectivity index (χ0v) is 7.45. The SMILES string of the molecule is COC(=O)CCC/C=C/CCO. The molecule has 0 rings (SSSR count). The molecule has 0 radical (unpaired) electrons. The second-order valence-corrected chi connectivity index (χ2v) is 2.45. The summed E-state index contributed by atoms with van der Waals surface area (Å²) in [5, 5.41) is 8.42. The van der Waals surface area contributed by atoms with Crippen molar-refractivity contribution >= 4 is 5.97 Å². The minimum atomic E-state index is -0.162. The largest absolute Gasteiger partial charge is 0.469 e. The van der Waals surface area contributed by atoms with E-state index in [1.807, 2.05) is 12.2 Å². The van der Waals surface area contributed by atoms with Gasteiger partial charge in [0, 0.05) is 13.0 Å². The number of esters is 1. The van der Waals surface area contributed by atoms with Crippen LogP contribution in [0.15, 0.2) is 12.2 Å². The molecule has 1 N–H and O–H groups in total. The van der Waals surface area contributed by atoms with E-state index in [0.717, 1.165) is 12.8 Å². The Balaban J connectivity index is 3.15. The molecule has 0 saturated carbocycles. The standard InChI is InChI=1S/C9H16O3/c1-12-9(11)7-5-3-2-4-6-8-10/h2,4,10H,3,5-8H2,1H3/b4-2+. The molecule has 0 aromatic heterocycles. The number of hydrogen-bond donors (Lipinski definition) is 1. The van der Waals surface area contributed by atoms with Crippen LogP contribution in [-0.2, 0) is 9.53 Å².